The lowest BCUT2D eigenvalue weighted by Gasteiger charge is -2.15. The van der Waals surface area contributed by atoms with Crippen molar-refractivity contribution in [2.24, 2.45) is 0 Å². The van der Waals surface area contributed by atoms with Crippen LogP contribution in [0, 0.1) is 0 Å². The molecule has 0 aromatic rings. The van der Waals surface area contributed by atoms with Gasteiger partial charge in [0.05, 0.1) is 0 Å². The van der Waals surface area contributed by atoms with E-state index in [0.717, 1.165) is 15.1 Å². The molecule has 0 bridgehead atoms. The van der Waals surface area contributed by atoms with Gasteiger partial charge in [-0.2, -0.15) is 0 Å². The highest BCUT2D eigenvalue weighted by atomic mass is 32.2. The maximum Gasteiger partial charge on any atom is 0.0479 e. The van der Waals surface area contributed by atoms with Crippen molar-refractivity contribution in [2.45, 2.75) is 49.7 Å². The number of thioether (sulfide) groups is 2. The zero-order chi connectivity index (χ0) is 8.15. The molecule has 0 spiro atoms. The predicted octanol–water partition coefficient (Wildman–Crippen LogP) is 3.62. The van der Waals surface area contributed by atoms with Gasteiger partial charge in [0, 0.05) is 15.1 Å². The summed E-state index contributed by atoms with van der Waals surface area (Å²) in [6, 6.07) is 0. The predicted molar refractivity (Wildman–Crippen MR) is 54.9 cm³/mol. The molecule has 0 heterocycles. The van der Waals surface area contributed by atoms with Gasteiger partial charge in [0.15, 0.2) is 0 Å². The summed E-state index contributed by atoms with van der Waals surface area (Å²) in [6.07, 6.45) is 0. The minimum absolute atomic E-state index is 0.750. The molecule has 0 atom stereocenters. The van der Waals surface area contributed by atoms with E-state index in [-0.39, 0.29) is 0 Å². The average Bonchev–Trinajstić information content (AvgIpc) is 1.58. The third kappa shape index (κ3) is 6.81. The lowest BCUT2D eigenvalue weighted by Crippen LogP contribution is -2.00. The number of hydrogen-bond acceptors (Lipinski definition) is 2. The molecule has 0 aromatic heterocycles. The van der Waals surface area contributed by atoms with Crippen LogP contribution in [0.15, 0.2) is 0 Å². The van der Waals surface area contributed by atoms with E-state index in [9.17, 15) is 0 Å². The van der Waals surface area contributed by atoms with E-state index in [2.05, 4.69) is 34.6 Å². The van der Waals surface area contributed by atoms with Gasteiger partial charge in [-0.05, 0) is 6.92 Å². The van der Waals surface area contributed by atoms with Gasteiger partial charge in [-0.25, -0.2) is 0 Å². The van der Waals surface area contributed by atoms with Gasteiger partial charge in [0.25, 0.3) is 0 Å². The Labute approximate surface area is 73.5 Å². The van der Waals surface area contributed by atoms with Gasteiger partial charge in [-0.3, -0.25) is 0 Å². The maximum atomic E-state index is 2.29. The topological polar surface area (TPSA) is 0 Å². The standard InChI is InChI=1S/C8H18S2/c1-6(2)9-8(5)10-7(3)4/h6-8H,1-5H3. The van der Waals surface area contributed by atoms with Crippen LogP contribution < -0.4 is 0 Å². The minimum Gasteiger partial charge on any atom is -0.145 e. The Kier molecular flexibility index (Phi) is 5.74. The first-order valence-corrected chi connectivity index (χ1v) is 5.72. The first kappa shape index (κ1) is 10.7. The summed E-state index contributed by atoms with van der Waals surface area (Å²) in [5.41, 5.74) is 0. The molecule has 62 valence electrons. The molecule has 0 aliphatic heterocycles. The minimum atomic E-state index is 0.750. The summed E-state index contributed by atoms with van der Waals surface area (Å²) in [6.45, 7) is 11.3. The molecule has 2 heteroatoms. The average molecular weight is 178 g/mol. The van der Waals surface area contributed by atoms with Crippen molar-refractivity contribution < 1.29 is 0 Å². The molecular formula is C8H18S2. The molecule has 0 aliphatic carbocycles. The molecule has 10 heavy (non-hydrogen) atoms. The zero-order valence-electron chi connectivity index (χ0n) is 7.55. The van der Waals surface area contributed by atoms with Crippen molar-refractivity contribution in [3.05, 3.63) is 0 Å². The van der Waals surface area contributed by atoms with Crippen LogP contribution >= 0.6 is 23.5 Å². The Hall–Kier alpha value is 0.700. The molecule has 0 saturated carbocycles. The molecule has 0 radical (unpaired) electrons. The molecule has 0 fully saturated rings. The highest BCUT2D eigenvalue weighted by Crippen LogP contribution is 2.29. The summed E-state index contributed by atoms with van der Waals surface area (Å²) < 4.78 is 0.750. The van der Waals surface area contributed by atoms with E-state index in [1.54, 1.807) is 0 Å². The lowest BCUT2D eigenvalue weighted by atomic mass is 10.6. The second kappa shape index (κ2) is 5.36. The van der Waals surface area contributed by atoms with Crippen molar-refractivity contribution in [1.29, 1.82) is 0 Å². The quantitative estimate of drug-likeness (QED) is 0.603. The van der Waals surface area contributed by atoms with Gasteiger partial charge < -0.3 is 0 Å². The summed E-state index contributed by atoms with van der Waals surface area (Å²) in [5, 5.41) is 1.53. The van der Waals surface area contributed by atoms with Crippen molar-refractivity contribution in [3.63, 3.8) is 0 Å². The van der Waals surface area contributed by atoms with Gasteiger partial charge >= 0.3 is 0 Å². The lowest BCUT2D eigenvalue weighted by molar-refractivity contribution is 1.09. The maximum absolute atomic E-state index is 2.29. The first-order chi connectivity index (χ1) is 4.52. The Balaban J connectivity index is 3.34. The zero-order valence-corrected chi connectivity index (χ0v) is 9.18. The van der Waals surface area contributed by atoms with Gasteiger partial charge in [-0.1, -0.05) is 27.7 Å². The summed E-state index contributed by atoms with van der Waals surface area (Å²) in [5.74, 6) is 0. The summed E-state index contributed by atoms with van der Waals surface area (Å²) in [4.78, 5) is 0. The van der Waals surface area contributed by atoms with Crippen LogP contribution in [0.3, 0.4) is 0 Å². The molecule has 0 unspecified atom stereocenters. The van der Waals surface area contributed by atoms with E-state index < -0.39 is 0 Å². The smallest absolute Gasteiger partial charge is 0.0479 e. The van der Waals surface area contributed by atoms with Crippen molar-refractivity contribution in [3.8, 4) is 0 Å². The molecular weight excluding hydrogens is 160 g/mol. The summed E-state index contributed by atoms with van der Waals surface area (Å²) >= 11 is 4.09. The van der Waals surface area contributed by atoms with Crippen LogP contribution in [-0.4, -0.2) is 15.1 Å². The third-order valence-electron chi connectivity index (χ3n) is 0.928. The monoisotopic (exact) mass is 178 g/mol. The van der Waals surface area contributed by atoms with E-state index in [0.29, 0.717) is 0 Å². The van der Waals surface area contributed by atoms with Crippen molar-refractivity contribution in [1.82, 2.24) is 0 Å². The molecule has 0 saturated heterocycles. The van der Waals surface area contributed by atoms with E-state index >= 15 is 0 Å². The fraction of sp³-hybridized carbons (Fsp3) is 1.00. The van der Waals surface area contributed by atoms with Crippen LogP contribution in [0.4, 0.5) is 0 Å². The van der Waals surface area contributed by atoms with Crippen LogP contribution in [0.5, 0.6) is 0 Å². The van der Waals surface area contributed by atoms with E-state index in [4.69, 9.17) is 0 Å². The Morgan fingerprint density at radius 2 is 1.00 bits per heavy atom. The van der Waals surface area contributed by atoms with Gasteiger partial charge in [-0.15, -0.1) is 23.5 Å². The molecule has 0 aliphatic rings. The molecule has 0 amide bonds. The normalized spacial score (nSPS) is 12.0. The highest BCUT2D eigenvalue weighted by molar-refractivity contribution is 8.17. The summed E-state index contributed by atoms with van der Waals surface area (Å²) in [7, 11) is 0. The van der Waals surface area contributed by atoms with E-state index in [1.165, 1.54) is 0 Å². The van der Waals surface area contributed by atoms with E-state index in [1.807, 2.05) is 23.5 Å². The van der Waals surface area contributed by atoms with Gasteiger partial charge in [0.1, 0.15) is 0 Å². The van der Waals surface area contributed by atoms with Crippen molar-refractivity contribution in [2.75, 3.05) is 0 Å². The second-order valence-corrected chi connectivity index (χ2v) is 7.08. The van der Waals surface area contributed by atoms with Crippen LogP contribution in [0.1, 0.15) is 34.6 Å². The molecule has 0 nitrogen and oxygen atoms in total. The Bertz CT molecular complexity index is 69.3. The second-order valence-electron chi connectivity index (χ2n) is 2.94. The molecule has 0 rings (SSSR count). The largest absolute Gasteiger partial charge is 0.145 e. The Morgan fingerprint density at radius 3 is 1.20 bits per heavy atom. The number of rotatable bonds is 4. The van der Waals surface area contributed by atoms with Crippen LogP contribution in [0.25, 0.3) is 0 Å². The van der Waals surface area contributed by atoms with Crippen LogP contribution in [-0.2, 0) is 0 Å². The first-order valence-electron chi connectivity index (χ1n) is 3.83. The number of hydrogen-bond donors (Lipinski definition) is 0. The van der Waals surface area contributed by atoms with Crippen molar-refractivity contribution >= 4 is 23.5 Å². The fourth-order valence-corrected chi connectivity index (χ4v) is 3.92. The highest BCUT2D eigenvalue weighted by Gasteiger charge is 2.06. The third-order valence-corrected chi connectivity index (χ3v) is 3.45. The molecule has 0 N–H and O–H groups in total. The Morgan fingerprint density at radius 1 is 0.700 bits per heavy atom. The molecule has 0 aromatic carbocycles. The fourth-order valence-electron chi connectivity index (χ4n) is 0.799. The SMILES string of the molecule is CC(C)SC(C)SC(C)C. The van der Waals surface area contributed by atoms with Crippen LogP contribution in [0.2, 0.25) is 0 Å². The van der Waals surface area contributed by atoms with Gasteiger partial charge in [0.2, 0.25) is 0 Å².